The molecule has 0 unspecified atom stereocenters. The highest BCUT2D eigenvalue weighted by Crippen LogP contribution is 1.97. The largest absolute Gasteiger partial charge is 0.481 e. The van der Waals surface area contributed by atoms with Crippen molar-refractivity contribution in [2.45, 2.75) is 58.3 Å². The summed E-state index contributed by atoms with van der Waals surface area (Å²) in [5.74, 6) is -0.739. The van der Waals surface area contributed by atoms with E-state index in [2.05, 4.69) is 55.5 Å². The molecule has 0 amide bonds. The fourth-order valence-corrected chi connectivity index (χ4v) is 1.69. The van der Waals surface area contributed by atoms with Crippen LogP contribution in [0.5, 0.6) is 0 Å². The number of hydrogen-bond donors (Lipinski definition) is 1. The van der Waals surface area contributed by atoms with E-state index in [1.807, 2.05) is 12.2 Å². The third-order valence-corrected chi connectivity index (χ3v) is 2.90. The quantitative estimate of drug-likeness (QED) is 0.424. The lowest BCUT2D eigenvalue weighted by molar-refractivity contribution is -0.136. The Kier molecular flexibility index (Phi) is 15.8. The van der Waals surface area contributed by atoms with Crippen molar-refractivity contribution in [3.63, 3.8) is 0 Å². The molecule has 0 aromatic heterocycles. The van der Waals surface area contributed by atoms with Crippen LogP contribution in [0, 0.1) is 0 Å². The summed E-state index contributed by atoms with van der Waals surface area (Å²) < 4.78 is 0. The minimum Gasteiger partial charge on any atom is -0.481 e. The molecule has 122 valence electrons. The first-order chi connectivity index (χ1) is 10.8. The van der Waals surface area contributed by atoms with Gasteiger partial charge in [-0.3, -0.25) is 4.79 Å². The number of allylic oxidation sites excluding steroid dienone is 10. The third-order valence-electron chi connectivity index (χ3n) is 2.90. The lowest BCUT2D eigenvalue weighted by Gasteiger charge is -1.87. The fourth-order valence-electron chi connectivity index (χ4n) is 1.69. The maximum absolute atomic E-state index is 10.3. The Morgan fingerprint density at radius 3 is 1.41 bits per heavy atom. The molecule has 2 nitrogen and oxygen atoms in total. The van der Waals surface area contributed by atoms with Crippen LogP contribution in [-0.4, -0.2) is 11.1 Å². The Balaban J connectivity index is 3.48. The minimum absolute atomic E-state index is 0.213. The lowest BCUT2D eigenvalue weighted by Crippen LogP contribution is -1.91. The molecular formula is C20H30O2. The van der Waals surface area contributed by atoms with Crippen LogP contribution in [0.4, 0.5) is 0 Å². The number of carbonyl (C=O) groups is 1. The van der Waals surface area contributed by atoms with Crippen LogP contribution >= 0.6 is 0 Å². The topological polar surface area (TPSA) is 37.3 Å². The third kappa shape index (κ3) is 18.2. The van der Waals surface area contributed by atoms with Gasteiger partial charge >= 0.3 is 5.97 Å². The summed E-state index contributed by atoms with van der Waals surface area (Å²) in [6.45, 7) is 2.19. The highest BCUT2D eigenvalue weighted by atomic mass is 16.4. The Morgan fingerprint density at radius 2 is 1.05 bits per heavy atom. The van der Waals surface area contributed by atoms with E-state index in [0.717, 1.165) is 25.7 Å². The number of unbranched alkanes of at least 4 members (excludes halogenated alkanes) is 1. The van der Waals surface area contributed by atoms with E-state index in [0.29, 0.717) is 6.42 Å². The Bertz CT molecular complexity index is 398. The zero-order valence-corrected chi connectivity index (χ0v) is 13.8. The van der Waals surface area contributed by atoms with Gasteiger partial charge in [-0.25, -0.2) is 0 Å². The van der Waals surface area contributed by atoms with Crippen LogP contribution in [0.2, 0.25) is 0 Å². The lowest BCUT2D eigenvalue weighted by atomic mass is 10.2. The van der Waals surface area contributed by atoms with E-state index in [1.54, 1.807) is 0 Å². The summed E-state index contributed by atoms with van der Waals surface area (Å²) >= 11 is 0. The van der Waals surface area contributed by atoms with Gasteiger partial charge in [-0.2, -0.15) is 0 Å². The summed E-state index contributed by atoms with van der Waals surface area (Å²) in [5.41, 5.74) is 0. The smallest absolute Gasteiger partial charge is 0.303 e. The molecule has 0 rings (SSSR count). The normalized spacial score (nSPS) is 12.8. The summed E-state index contributed by atoms with van der Waals surface area (Å²) in [5, 5.41) is 8.48. The van der Waals surface area contributed by atoms with Crippen LogP contribution in [0.25, 0.3) is 0 Å². The van der Waals surface area contributed by atoms with Crippen molar-refractivity contribution in [3.05, 3.63) is 60.8 Å². The van der Waals surface area contributed by atoms with Gasteiger partial charge in [0.2, 0.25) is 0 Å². The van der Waals surface area contributed by atoms with E-state index >= 15 is 0 Å². The van der Waals surface area contributed by atoms with E-state index in [9.17, 15) is 4.79 Å². The maximum atomic E-state index is 10.3. The van der Waals surface area contributed by atoms with Crippen molar-refractivity contribution >= 4 is 5.97 Å². The predicted molar refractivity (Wildman–Crippen MR) is 95.9 cm³/mol. The van der Waals surface area contributed by atoms with E-state index in [1.165, 1.54) is 12.8 Å². The second-order valence-electron chi connectivity index (χ2n) is 5.02. The van der Waals surface area contributed by atoms with Crippen molar-refractivity contribution in [3.8, 4) is 0 Å². The zero-order valence-electron chi connectivity index (χ0n) is 13.8. The summed E-state index contributed by atoms with van der Waals surface area (Å²) in [6, 6.07) is 0. The molecule has 22 heavy (non-hydrogen) atoms. The van der Waals surface area contributed by atoms with Crippen molar-refractivity contribution < 1.29 is 9.90 Å². The van der Waals surface area contributed by atoms with Crippen LogP contribution < -0.4 is 0 Å². The maximum Gasteiger partial charge on any atom is 0.303 e. The number of hydrogen-bond acceptors (Lipinski definition) is 1. The minimum atomic E-state index is -0.739. The highest BCUT2D eigenvalue weighted by molar-refractivity contribution is 5.66. The molecule has 0 aliphatic rings. The molecule has 0 bridgehead atoms. The molecule has 0 aliphatic heterocycles. The monoisotopic (exact) mass is 302 g/mol. The molecule has 0 radical (unpaired) electrons. The van der Waals surface area contributed by atoms with Gasteiger partial charge in [-0.1, -0.05) is 74.1 Å². The predicted octanol–water partition coefficient (Wildman–Crippen LogP) is 5.99. The Morgan fingerprint density at radius 1 is 0.682 bits per heavy atom. The van der Waals surface area contributed by atoms with Crippen LogP contribution in [-0.2, 0) is 4.79 Å². The summed E-state index contributed by atoms with van der Waals surface area (Å²) in [7, 11) is 0. The second-order valence-corrected chi connectivity index (χ2v) is 5.02. The molecule has 1 N–H and O–H groups in total. The molecule has 2 heteroatoms. The van der Waals surface area contributed by atoms with Gasteiger partial charge in [-0.15, -0.1) is 0 Å². The highest BCUT2D eigenvalue weighted by Gasteiger charge is 1.90. The van der Waals surface area contributed by atoms with Crippen LogP contribution in [0.15, 0.2) is 60.8 Å². The number of carboxylic acids is 1. The zero-order chi connectivity index (χ0) is 16.3. The van der Waals surface area contributed by atoms with Gasteiger partial charge in [-0.05, 0) is 38.5 Å². The standard InChI is InChI=1S/C20H30O2/c1-2-3-4-5-6-7-8-9-10-11-12-13-14-15-16-17-18-19-20(21)22/h4-5,7-8,10-11,13-14,16-17H,2-3,6,9,12,15,18-19H2,1H3,(H,21,22). The second kappa shape index (κ2) is 17.2. The molecule has 0 spiro atoms. The first-order valence-corrected chi connectivity index (χ1v) is 8.24. The van der Waals surface area contributed by atoms with Crippen LogP contribution in [0.1, 0.15) is 58.3 Å². The van der Waals surface area contributed by atoms with Crippen molar-refractivity contribution in [2.75, 3.05) is 0 Å². The molecule has 0 aliphatic carbocycles. The van der Waals surface area contributed by atoms with Crippen molar-refractivity contribution in [2.24, 2.45) is 0 Å². The van der Waals surface area contributed by atoms with Gasteiger partial charge < -0.3 is 5.11 Å². The first kappa shape index (κ1) is 20.2. The Labute approximate surface area is 135 Å². The van der Waals surface area contributed by atoms with Crippen molar-refractivity contribution in [1.29, 1.82) is 0 Å². The molecule has 0 saturated carbocycles. The average molecular weight is 302 g/mol. The Hall–Kier alpha value is -1.83. The first-order valence-electron chi connectivity index (χ1n) is 8.24. The van der Waals surface area contributed by atoms with Crippen LogP contribution in [0.3, 0.4) is 0 Å². The number of carboxylic acid groups (broad SMARTS) is 1. The van der Waals surface area contributed by atoms with Gasteiger partial charge in [0.1, 0.15) is 0 Å². The van der Waals surface area contributed by atoms with Gasteiger partial charge in [0.05, 0.1) is 0 Å². The number of rotatable bonds is 13. The summed E-state index contributed by atoms with van der Waals surface area (Å²) in [4.78, 5) is 10.3. The molecule has 0 aromatic rings. The average Bonchev–Trinajstić information content (AvgIpc) is 2.50. The molecule has 0 atom stereocenters. The fraction of sp³-hybridized carbons (Fsp3) is 0.450. The molecule has 0 heterocycles. The summed E-state index contributed by atoms with van der Waals surface area (Å²) in [6.07, 6.45) is 28.4. The van der Waals surface area contributed by atoms with Gasteiger partial charge in [0, 0.05) is 6.42 Å². The van der Waals surface area contributed by atoms with Gasteiger partial charge in [0.25, 0.3) is 0 Å². The van der Waals surface area contributed by atoms with E-state index in [-0.39, 0.29) is 6.42 Å². The number of aliphatic carboxylic acids is 1. The SMILES string of the molecule is CCCC=CCC=CCC=CCC=CCC=CCCC(=O)O. The van der Waals surface area contributed by atoms with E-state index < -0.39 is 5.97 Å². The molecular weight excluding hydrogens is 272 g/mol. The van der Waals surface area contributed by atoms with Crippen molar-refractivity contribution in [1.82, 2.24) is 0 Å². The van der Waals surface area contributed by atoms with Gasteiger partial charge in [0.15, 0.2) is 0 Å². The molecule has 0 aromatic carbocycles. The molecule has 0 fully saturated rings. The molecule has 0 saturated heterocycles. The van der Waals surface area contributed by atoms with E-state index in [4.69, 9.17) is 5.11 Å².